The Balaban J connectivity index is 6.75. The quantitative estimate of drug-likeness (QED) is 0.416. The van der Waals surface area contributed by atoms with Crippen LogP contribution < -0.4 is 0 Å². The molecule has 0 radical (unpaired) electrons. The molecule has 0 unspecified atom stereocenters. The lowest BCUT2D eigenvalue weighted by Crippen LogP contribution is -2.26. The first-order chi connectivity index (χ1) is 10.8. The van der Waals surface area contributed by atoms with E-state index < -0.39 is 25.8 Å². The maximum atomic E-state index is 5.65. The molecule has 0 rings (SSSR count). The molecule has 152 valence electrons. The van der Waals surface area contributed by atoms with E-state index in [1.165, 1.54) is 0 Å². The highest BCUT2D eigenvalue weighted by atomic mass is 32.2. The van der Waals surface area contributed by atoms with Crippen molar-refractivity contribution >= 4 is 25.8 Å². The second-order valence-electron chi connectivity index (χ2n) is 10.8. The van der Waals surface area contributed by atoms with Gasteiger partial charge in [0.15, 0.2) is 0 Å². The smallest absolute Gasteiger partial charge is 0.0357 e. The molecule has 0 aliphatic rings. The van der Waals surface area contributed by atoms with Crippen LogP contribution in [0.1, 0.15) is 96.9 Å². The second-order valence-corrected chi connectivity index (χ2v) is 21.5. The molecular weight excluding hydrogens is 362 g/mol. The van der Waals surface area contributed by atoms with Crippen molar-refractivity contribution in [1.29, 1.82) is 0 Å². The van der Waals surface area contributed by atoms with Gasteiger partial charge >= 0.3 is 0 Å². The van der Waals surface area contributed by atoms with Gasteiger partial charge in [0.2, 0.25) is 0 Å². The third kappa shape index (κ3) is 7.75. The standard InChI is InChI=1S/C20H46N2P2S/c1-15-25(16-2,21-23(17(3,4)5)18(6,7)8)22-24(19(9,10)11)20(12,13)14/h15-16H2,1-14H3. The van der Waals surface area contributed by atoms with E-state index in [9.17, 15) is 0 Å². The SMILES string of the molecule is CCS(CC)(=NP(C(C)(C)C)C(C)(C)C)=NP(C(C)(C)C)C(C)(C)C. The van der Waals surface area contributed by atoms with Crippen LogP contribution in [-0.2, 0) is 9.62 Å². The predicted octanol–water partition coefficient (Wildman–Crippen LogP) is 8.54. The lowest BCUT2D eigenvalue weighted by Gasteiger charge is -2.41. The molecule has 0 bridgehead atoms. The molecule has 0 fully saturated rings. The van der Waals surface area contributed by atoms with E-state index in [2.05, 4.69) is 96.9 Å². The van der Waals surface area contributed by atoms with Gasteiger partial charge in [0.25, 0.3) is 0 Å². The van der Waals surface area contributed by atoms with Crippen molar-refractivity contribution in [3.8, 4) is 0 Å². The van der Waals surface area contributed by atoms with Gasteiger partial charge in [-0.3, -0.25) is 0 Å². The summed E-state index contributed by atoms with van der Waals surface area (Å²) in [6.07, 6.45) is 0. The van der Waals surface area contributed by atoms with Crippen molar-refractivity contribution < 1.29 is 0 Å². The molecular formula is C20H46N2P2S. The molecule has 0 saturated carbocycles. The largest absolute Gasteiger partial charge is 0.230 e. The van der Waals surface area contributed by atoms with Crippen molar-refractivity contribution in [1.82, 2.24) is 0 Å². The third-order valence-corrected chi connectivity index (χ3v) is 14.6. The first-order valence-corrected chi connectivity index (χ1v) is 14.1. The molecule has 2 nitrogen and oxygen atoms in total. The molecule has 25 heavy (non-hydrogen) atoms. The van der Waals surface area contributed by atoms with E-state index in [1.807, 2.05) is 0 Å². The zero-order valence-corrected chi connectivity index (χ0v) is 22.2. The Morgan fingerprint density at radius 2 is 0.720 bits per heavy atom. The molecule has 0 spiro atoms. The summed E-state index contributed by atoms with van der Waals surface area (Å²) in [7, 11) is -2.23. The number of hydrogen-bond donors (Lipinski definition) is 0. The summed E-state index contributed by atoms with van der Waals surface area (Å²) in [5.74, 6) is 2.17. The van der Waals surface area contributed by atoms with E-state index in [0.717, 1.165) is 11.5 Å². The maximum absolute atomic E-state index is 5.65. The fourth-order valence-corrected chi connectivity index (χ4v) is 16.3. The van der Waals surface area contributed by atoms with E-state index in [-0.39, 0.29) is 20.6 Å². The highest BCUT2D eigenvalue weighted by Crippen LogP contribution is 2.64. The average molecular weight is 409 g/mol. The predicted molar refractivity (Wildman–Crippen MR) is 126 cm³/mol. The van der Waals surface area contributed by atoms with Crippen molar-refractivity contribution in [3.63, 3.8) is 0 Å². The molecule has 0 aliphatic heterocycles. The van der Waals surface area contributed by atoms with E-state index in [1.54, 1.807) is 0 Å². The van der Waals surface area contributed by atoms with Crippen molar-refractivity contribution in [3.05, 3.63) is 0 Å². The molecule has 0 saturated heterocycles. The summed E-state index contributed by atoms with van der Waals surface area (Å²) in [5, 5.41) is 0.881. The van der Waals surface area contributed by atoms with Crippen LogP contribution in [0.15, 0.2) is 8.27 Å². The highest BCUT2D eigenvalue weighted by Gasteiger charge is 2.38. The Labute approximate surface area is 163 Å². The van der Waals surface area contributed by atoms with Crippen LogP contribution in [0.4, 0.5) is 0 Å². The van der Waals surface area contributed by atoms with Gasteiger partial charge in [0.1, 0.15) is 0 Å². The summed E-state index contributed by atoms with van der Waals surface area (Å²) < 4.78 is 11.3. The summed E-state index contributed by atoms with van der Waals surface area (Å²) in [6.45, 7) is 32.9. The Morgan fingerprint density at radius 1 is 0.520 bits per heavy atom. The van der Waals surface area contributed by atoms with Crippen LogP contribution in [0.5, 0.6) is 0 Å². The fourth-order valence-electron chi connectivity index (χ4n) is 3.26. The Kier molecular flexibility index (Phi) is 8.72. The molecule has 0 aromatic carbocycles. The molecule has 0 amide bonds. The molecule has 0 N–H and O–H groups in total. The van der Waals surface area contributed by atoms with Gasteiger partial charge in [0.05, 0.1) is 0 Å². The molecule has 0 aromatic heterocycles. The van der Waals surface area contributed by atoms with E-state index >= 15 is 0 Å². The van der Waals surface area contributed by atoms with Crippen LogP contribution in [-0.4, -0.2) is 32.1 Å². The van der Waals surface area contributed by atoms with E-state index in [0.29, 0.717) is 0 Å². The maximum Gasteiger partial charge on any atom is 0.0357 e. The zero-order valence-electron chi connectivity index (χ0n) is 19.6. The molecule has 0 atom stereocenters. The van der Waals surface area contributed by atoms with Crippen LogP contribution in [0.3, 0.4) is 0 Å². The molecule has 0 aliphatic carbocycles. The number of hydrogen-bond acceptors (Lipinski definition) is 2. The Bertz CT molecular complexity index is 464. The monoisotopic (exact) mass is 408 g/mol. The first-order valence-electron chi connectivity index (χ1n) is 9.65. The third-order valence-electron chi connectivity index (χ3n) is 3.93. The summed E-state index contributed by atoms with van der Waals surface area (Å²) in [6, 6.07) is 0. The van der Waals surface area contributed by atoms with Gasteiger partial charge in [-0.15, -0.1) is 0 Å². The highest BCUT2D eigenvalue weighted by molar-refractivity contribution is 8.01. The summed E-state index contributed by atoms with van der Waals surface area (Å²) in [5.41, 5.74) is 0. The lowest BCUT2D eigenvalue weighted by molar-refractivity contribution is 0.706. The minimum atomic E-state index is -1.30. The van der Waals surface area contributed by atoms with E-state index in [4.69, 9.17) is 8.27 Å². The van der Waals surface area contributed by atoms with Crippen molar-refractivity contribution in [2.24, 2.45) is 8.27 Å². The summed E-state index contributed by atoms with van der Waals surface area (Å²) in [4.78, 5) is 0. The molecule has 5 heteroatoms. The Morgan fingerprint density at radius 3 is 0.840 bits per heavy atom. The number of rotatable bonds is 4. The molecule has 0 aromatic rings. The van der Waals surface area contributed by atoms with Crippen LogP contribution in [0.25, 0.3) is 0 Å². The van der Waals surface area contributed by atoms with Gasteiger partial charge in [-0.05, 0) is 0 Å². The van der Waals surface area contributed by atoms with Gasteiger partial charge in [-0.1, -0.05) is 107 Å². The average Bonchev–Trinajstić information content (AvgIpc) is 2.34. The fraction of sp³-hybridized carbons (Fsp3) is 1.00. The zero-order chi connectivity index (χ0) is 20.5. The van der Waals surface area contributed by atoms with Gasteiger partial charge < -0.3 is 0 Å². The topological polar surface area (TPSA) is 24.7 Å². The second kappa shape index (κ2) is 8.45. The summed E-state index contributed by atoms with van der Waals surface area (Å²) >= 11 is 0. The van der Waals surface area contributed by atoms with Crippen LogP contribution >= 0.6 is 16.1 Å². The van der Waals surface area contributed by atoms with Gasteiger partial charge in [-0.25, -0.2) is 8.27 Å². The van der Waals surface area contributed by atoms with Crippen molar-refractivity contribution in [2.45, 2.75) is 118 Å². The van der Waals surface area contributed by atoms with Crippen molar-refractivity contribution in [2.75, 3.05) is 11.5 Å². The first kappa shape index (κ1) is 25.8. The number of nitrogens with zero attached hydrogens (tertiary/aromatic N) is 2. The normalized spacial score (nSPS) is 15.0. The lowest BCUT2D eigenvalue weighted by atomic mass is 10.2. The minimum absolute atomic E-state index is 0.220. The van der Waals surface area contributed by atoms with Gasteiger partial charge in [0, 0.05) is 48.3 Å². The van der Waals surface area contributed by atoms with Gasteiger partial charge in [-0.2, -0.15) is 0 Å². The Hall–Kier alpha value is 0.810. The van der Waals surface area contributed by atoms with Crippen LogP contribution in [0, 0.1) is 0 Å². The minimum Gasteiger partial charge on any atom is -0.230 e. The molecule has 0 heterocycles. The van der Waals surface area contributed by atoms with Crippen LogP contribution in [0.2, 0.25) is 0 Å².